The summed E-state index contributed by atoms with van der Waals surface area (Å²) in [5.41, 5.74) is -0.771. The molecule has 0 amide bonds. The summed E-state index contributed by atoms with van der Waals surface area (Å²) in [5, 5.41) is 7.77. The monoisotopic (exact) mass is 487 g/mol. The molecular weight excluding hydrogens is 468 g/mol. The molecule has 0 saturated carbocycles. The van der Waals surface area contributed by atoms with E-state index in [1.807, 2.05) is 30.3 Å². The van der Waals surface area contributed by atoms with Gasteiger partial charge < -0.3 is 4.55 Å². The standard InChI is InChI=1S/C25H20F4N2O2S/c26-21-12-8-19(9-13-21)22-23(25(27,28)29)30-31-24(22,15-14-17-4-2-1-3-5-17)20-10-6-18(7-11-20)16-34(32)33/h1-13H,14-16H2,(H,32,33)/p-1. The molecule has 2 unspecified atom stereocenters. The largest absolute Gasteiger partial charge is 0.772 e. The lowest BCUT2D eigenvalue weighted by Crippen LogP contribution is -2.26. The molecule has 1 aliphatic rings. The lowest BCUT2D eigenvalue weighted by molar-refractivity contribution is -0.0919. The van der Waals surface area contributed by atoms with E-state index in [2.05, 4.69) is 10.2 Å². The number of benzene rings is 3. The van der Waals surface area contributed by atoms with Crippen LogP contribution in [0, 0.1) is 5.82 Å². The first-order valence-corrected chi connectivity index (χ1v) is 11.6. The van der Waals surface area contributed by atoms with Crippen molar-refractivity contribution >= 4 is 16.7 Å². The van der Waals surface area contributed by atoms with Crippen LogP contribution in [0.3, 0.4) is 0 Å². The Hall–Kier alpha value is -3.17. The smallest absolute Gasteiger partial charge is 0.435 e. The van der Waals surface area contributed by atoms with Gasteiger partial charge in [-0.25, -0.2) is 4.39 Å². The summed E-state index contributed by atoms with van der Waals surface area (Å²) in [6.07, 6.45) is -4.21. The lowest BCUT2D eigenvalue weighted by atomic mass is 9.75. The summed E-state index contributed by atoms with van der Waals surface area (Å²) in [4.78, 5) is 0. The highest BCUT2D eigenvalue weighted by atomic mass is 32.2. The third kappa shape index (κ3) is 5.00. The Morgan fingerprint density at radius 3 is 2.12 bits per heavy atom. The molecule has 4 nitrogen and oxygen atoms in total. The summed E-state index contributed by atoms with van der Waals surface area (Å²) in [7, 11) is 0. The second kappa shape index (κ2) is 9.60. The second-order valence-corrected chi connectivity index (χ2v) is 8.82. The summed E-state index contributed by atoms with van der Waals surface area (Å²) in [5.74, 6) is -0.789. The van der Waals surface area contributed by atoms with Gasteiger partial charge in [0.15, 0.2) is 5.70 Å². The van der Waals surface area contributed by atoms with Crippen LogP contribution in [-0.2, 0) is 28.8 Å². The van der Waals surface area contributed by atoms with E-state index in [0.717, 1.165) is 17.7 Å². The highest BCUT2D eigenvalue weighted by molar-refractivity contribution is 7.78. The van der Waals surface area contributed by atoms with Crippen molar-refractivity contribution in [3.63, 3.8) is 0 Å². The molecule has 3 aromatic carbocycles. The van der Waals surface area contributed by atoms with Crippen molar-refractivity contribution in [3.05, 3.63) is 113 Å². The van der Waals surface area contributed by atoms with Crippen molar-refractivity contribution in [2.45, 2.75) is 30.3 Å². The number of hydrogen-bond acceptors (Lipinski definition) is 4. The Morgan fingerprint density at radius 2 is 1.53 bits per heavy atom. The molecule has 1 aliphatic heterocycles. The van der Waals surface area contributed by atoms with Gasteiger partial charge in [0.1, 0.15) is 11.4 Å². The van der Waals surface area contributed by atoms with Crippen LogP contribution in [0.25, 0.3) is 5.57 Å². The molecule has 0 aliphatic carbocycles. The minimum atomic E-state index is -4.78. The van der Waals surface area contributed by atoms with Crippen LogP contribution >= 0.6 is 0 Å². The van der Waals surface area contributed by atoms with E-state index in [-0.39, 0.29) is 23.3 Å². The van der Waals surface area contributed by atoms with Gasteiger partial charge in [0, 0.05) is 11.3 Å². The average Bonchev–Trinajstić information content (AvgIpc) is 3.20. The lowest BCUT2D eigenvalue weighted by Gasteiger charge is -2.30. The predicted octanol–water partition coefficient (Wildman–Crippen LogP) is 6.47. The van der Waals surface area contributed by atoms with E-state index in [1.54, 1.807) is 24.3 Å². The number of rotatable bonds is 7. The molecule has 0 spiro atoms. The topological polar surface area (TPSA) is 64.8 Å². The maximum atomic E-state index is 14.1. The van der Waals surface area contributed by atoms with Gasteiger partial charge in [0.2, 0.25) is 0 Å². The molecule has 34 heavy (non-hydrogen) atoms. The summed E-state index contributed by atoms with van der Waals surface area (Å²) in [6.45, 7) is 0. The van der Waals surface area contributed by atoms with Gasteiger partial charge in [-0.3, -0.25) is 4.21 Å². The minimum Gasteiger partial charge on any atom is -0.772 e. The third-order valence-electron chi connectivity index (χ3n) is 5.71. The van der Waals surface area contributed by atoms with Gasteiger partial charge in [-0.15, -0.1) is 5.11 Å². The van der Waals surface area contributed by atoms with Gasteiger partial charge in [0.25, 0.3) is 0 Å². The van der Waals surface area contributed by atoms with Crippen molar-refractivity contribution in [2.75, 3.05) is 0 Å². The van der Waals surface area contributed by atoms with Gasteiger partial charge in [-0.1, -0.05) is 77.8 Å². The van der Waals surface area contributed by atoms with E-state index in [9.17, 15) is 26.3 Å². The summed E-state index contributed by atoms with van der Waals surface area (Å²) < 4.78 is 77.9. The zero-order chi connectivity index (χ0) is 24.3. The fourth-order valence-corrected chi connectivity index (χ4v) is 4.59. The van der Waals surface area contributed by atoms with Crippen LogP contribution in [-0.4, -0.2) is 14.9 Å². The van der Waals surface area contributed by atoms with Crippen LogP contribution in [0.1, 0.15) is 28.7 Å². The molecule has 9 heteroatoms. The first-order valence-electron chi connectivity index (χ1n) is 10.4. The second-order valence-electron chi connectivity index (χ2n) is 7.92. The van der Waals surface area contributed by atoms with Crippen LogP contribution < -0.4 is 0 Å². The molecular formula is C25H19F4N2O2S-. The van der Waals surface area contributed by atoms with E-state index in [1.165, 1.54) is 12.1 Å². The Bertz CT molecular complexity index is 1240. The fraction of sp³-hybridized carbons (Fsp3) is 0.200. The number of nitrogens with zero attached hydrogens (tertiary/aromatic N) is 2. The first kappa shape index (κ1) is 24.0. The Balaban J connectivity index is 1.88. The molecule has 0 saturated heterocycles. The van der Waals surface area contributed by atoms with Crippen molar-refractivity contribution in [3.8, 4) is 0 Å². The van der Waals surface area contributed by atoms with Gasteiger partial charge >= 0.3 is 6.18 Å². The average molecular weight is 487 g/mol. The van der Waals surface area contributed by atoms with Crippen molar-refractivity contribution < 1.29 is 26.3 Å². The molecule has 0 N–H and O–H groups in total. The van der Waals surface area contributed by atoms with Crippen molar-refractivity contribution in [1.29, 1.82) is 0 Å². The Morgan fingerprint density at radius 1 is 0.882 bits per heavy atom. The third-order valence-corrected chi connectivity index (χ3v) is 6.28. The highest BCUT2D eigenvalue weighted by Crippen LogP contribution is 2.53. The quantitative estimate of drug-likeness (QED) is 0.283. The Labute approximate surface area is 196 Å². The maximum absolute atomic E-state index is 14.1. The van der Waals surface area contributed by atoms with Gasteiger partial charge in [-0.2, -0.15) is 18.3 Å². The molecule has 3 aromatic rings. The summed E-state index contributed by atoms with van der Waals surface area (Å²) in [6, 6.07) is 20.3. The molecule has 0 bridgehead atoms. The molecule has 0 radical (unpaired) electrons. The molecule has 176 valence electrons. The SMILES string of the molecule is O=S([O-])Cc1ccc(C2(CCc3ccccc3)N=NC(C(F)(F)F)=C2c2ccc(F)cc2)cc1. The van der Waals surface area contributed by atoms with E-state index in [4.69, 9.17) is 0 Å². The first-order chi connectivity index (χ1) is 16.2. The zero-order valence-corrected chi connectivity index (χ0v) is 18.6. The molecule has 1 heterocycles. The van der Waals surface area contributed by atoms with Crippen LogP contribution in [0.15, 0.2) is 94.8 Å². The molecule has 0 aromatic heterocycles. The minimum absolute atomic E-state index is 0.156. The fourth-order valence-electron chi connectivity index (χ4n) is 4.13. The van der Waals surface area contributed by atoms with E-state index in [0.29, 0.717) is 17.5 Å². The summed E-state index contributed by atoms with van der Waals surface area (Å²) >= 11 is -2.31. The number of azo groups is 1. The number of halogens is 4. The number of alkyl halides is 3. The van der Waals surface area contributed by atoms with E-state index >= 15 is 0 Å². The van der Waals surface area contributed by atoms with E-state index < -0.39 is 34.3 Å². The molecule has 2 atom stereocenters. The predicted molar refractivity (Wildman–Crippen MR) is 120 cm³/mol. The van der Waals surface area contributed by atoms with Crippen molar-refractivity contribution in [1.82, 2.24) is 0 Å². The Kier molecular flexibility index (Phi) is 6.77. The number of allylic oxidation sites excluding steroid dienone is 1. The van der Waals surface area contributed by atoms with Crippen LogP contribution in [0.5, 0.6) is 0 Å². The van der Waals surface area contributed by atoms with Gasteiger partial charge in [-0.05, 0) is 47.2 Å². The molecule has 0 fully saturated rings. The number of aryl methyl sites for hydroxylation is 1. The van der Waals surface area contributed by atoms with Crippen molar-refractivity contribution in [2.24, 2.45) is 10.2 Å². The van der Waals surface area contributed by atoms with Gasteiger partial charge in [0.05, 0.1) is 0 Å². The number of hydrogen-bond donors (Lipinski definition) is 0. The van der Waals surface area contributed by atoms with Crippen LogP contribution in [0.2, 0.25) is 0 Å². The normalized spacial score (nSPS) is 19.0. The maximum Gasteiger partial charge on any atom is 0.435 e. The van der Waals surface area contributed by atoms with Crippen LogP contribution in [0.4, 0.5) is 17.6 Å². The zero-order valence-electron chi connectivity index (χ0n) is 17.8. The molecule has 4 rings (SSSR count). The highest BCUT2D eigenvalue weighted by Gasteiger charge is 2.50.